The van der Waals surface area contributed by atoms with Gasteiger partial charge in [0, 0.05) is 12.6 Å². The summed E-state index contributed by atoms with van der Waals surface area (Å²) >= 11 is 0. The maximum Gasteiger partial charge on any atom is 0.396 e. The molecule has 0 radical (unpaired) electrons. The number of carboxylic acid groups (broad SMARTS) is 1. The number of anilines is 1. The number of carbonyl (C=O) groups excluding carboxylic acids is 2. The van der Waals surface area contributed by atoms with Gasteiger partial charge < -0.3 is 10.8 Å². The van der Waals surface area contributed by atoms with Crippen molar-refractivity contribution in [2.24, 2.45) is 5.92 Å². The highest BCUT2D eigenvalue weighted by atomic mass is 19.4. The average Bonchev–Trinajstić information content (AvgIpc) is 2.67. The molecule has 0 saturated carbocycles. The number of rotatable bonds is 6. The van der Waals surface area contributed by atoms with Gasteiger partial charge in [-0.1, -0.05) is 30.3 Å². The van der Waals surface area contributed by atoms with Crippen molar-refractivity contribution in [1.29, 1.82) is 0 Å². The van der Waals surface area contributed by atoms with Crippen LogP contribution >= 0.6 is 0 Å². The summed E-state index contributed by atoms with van der Waals surface area (Å²) in [5.41, 5.74) is 5.97. The van der Waals surface area contributed by atoms with Crippen molar-refractivity contribution < 1.29 is 32.7 Å². The molecule has 1 aromatic heterocycles. The number of imide groups is 1. The highest BCUT2D eigenvalue weighted by Crippen LogP contribution is 2.39. The number of β-lactam (4-membered cyclic amide) rings is 1. The van der Waals surface area contributed by atoms with Crippen LogP contribution in [0.25, 0.3) is 0 Å². The van der Waals surface area contributed by atoms with Crippen LogP contribution in [0.1, 0.15) is 23.5 Å². The zero-order valence-electron chi connectivity index (χ0n) is 15.5. The van der Waals surface area contributed by atoms with Gasteiger partial charge in [-0.15, -0.1) is 0 Å². The number of nitrogens with two attached hydrogens (primary N) is 1. The Kier molecular flexibility index (Phi) is 5.77. The lowest BCUT2D eigenvalue weighted by atomic mass is 9.81. The summed E-state index contributed by atoms with van der Waals surface area (Å²) < 4.78 is 40.5. The molecule has 3 N–H and O–H groups in total. The smallest absolute Gasteiger partial charge is 0.396 e. The third kappa shape index (κ3) is 4.27. The Morgan fingerprint density at radius 1 is 1.20 bits per heavy atom. The Bertz CT molecular complexity index is 965. The van der Waals surface area contributed by atoms with Crippen LogP contribution in [0, 0.1) is 5.92 Å². The number of hydrogen-bond donors (Lipinski definition) is 2. The van der Waals surface area contributed by atoms with Gasteiger partial charge >= 0.3 is 12.1 Å². The van der Waals surface area contributed by atoms with Crippen molar-refractivity contribution in [2.45, 2.75) is 31.0 Å². The number of carbonyl (C=O) groups is 3. The first-order valence-corrected chi connectivity index (χ1v) is 9.00. The quantitative estimate of drug-likeness (QED) is 0.693. The third-order valence-electron chi connectivity index (χ3n) is 5.01. The van der Waals surface area contributed by atoms with Crippen LogP contribution in [0.15, 0.2) is 48.7 Å². The summed E-state index contributed by atoms with van der Waals surface area (Å²) in [6.45, 7) is 0. The minimum Gasteiger partial charge on any atom is -0.480 e. The molecule has 1 saturated heterocycles. The Hall–Kier alpha value is -3.43. The van der Waals surface area contributed by atoms with Crippen molar-refractivity contribution in [3.05, 3.63) is 59.8 Å². The van der Waals surface area contributed by atoms with E-state index in [0.29, 0.717) is 10.5 Å². The van der Waals surface area contributed by atoms with Crippen LogP contribution in [0.3, 0.4) is 0 Å². The molecule has 158 valence electrons. The van der Waals surface area contributed by atoms with E-state index in [1.165, 1.54) is 42.6 Å². The summed E-state index contributed by atoms with van der Waals surface area (Å²) in [5.74, 6) is -6.50. The SMILES string of the molecule is Nc1cc(C[C@H]2C(=O)N(C(=O)C[C@@H](c3ccccc3)C(F)(F)F)[C@@H]2C(=O)O)ccn1. The highest BCUT2D eigenvalue weighted by molar-refractivity contribution is 6.08. The van der Waals surface area contributed by atoms with E-state index in [1.807, 2.05) is 0 Å². The van der Waals surface area contributed by atoms with Crippen LogP contribution in [0.5, 0.6) is 0 Å². The van der Waals surface area contributed by atoms with Crippen molar-refractivity contribution in [2.75, 3.05) is 5.73 Å². The van der Waals surface area contributed by atoms with Gasteiger partial charge in [-0.3, -0.25) is 14.5 Å². The summed E-state index contributed by atoms with van der Waals surface area (Å²) in [6.07, 6.45) is -4.43. The van der Waals surface area contributed by atoms with E-state index in [2.05, 4.69) is 4.98 Å². The zero-order chi connectivity index (χ0) is 22.1. The first-order chi connectivity index (χ1) is 14.1. The first kappa shape index (κ1) is 21.3. The number of carboxylic acids is 1. The maximum absolute atomic E-state index is 13.5. The molecule has 0 aliphatic carbocycles. The number of aromatic nitrogens is 1. The number of pyridine rings is 1. The standard InChI is InChI=1S/C20H18F3N3O4/c21-20(22,23)14(12-4-2-1-3-5-12)10-16(27)26-17(19(29)30)13(18(26)28)8-11-6-7-25-15(24)9-11/h1-7,9,13-14,17H,8,10H2,(H2,24,25)(H,29,30)/t13-,14+,17+/m1/s1. The molecule has 3 rings (SSSR count). The molecule has 7 nitrogen and oxygen atoms in total. The summed E-state index contributed by atoms with van der Waals surface area (Å²) in [7, 11) is 0. The first-order valence-electron chi connectivity index (χ1n) is 9.00. The van der Waals surface area contributed by atoms with Crippen LogP contribution < -0.4 is 5.73 Å². The molecule has 2 heterocycles. The minimum absolute atomic E-state index is 0.0202. The van der Waals surface area contributed by atoms with Crippen molar-refractivity contribution in [3.63, 3.8) is 0 Å². The molecule has 0 bridgehead atoms. The van der Waals surface area contributed by atoms with Gasteiger partial charge in [0.15, 0.2) is 0 Å². The number of benzene rings is 1. The number of aliphatic carboxylic acids is 1. The van der Waals surface area contributed by atoms with Crippen LogP contribution in [-0.2, 0) is 20.8 Å². The highest BCUT2D eigenvalue weighted by Gasteiger charge is 2.55. The van der Waals surface area contributed by atoms with E-state index >= 15 is 0 Å². The molecule has 1 aliphatic heterocycles. The van der Waals surface area contributed by atoms with Gasteiger partial charge in [-0.25, -0.2) is 9.78 Å². The average molecular weight is 421 g/mol. The molecule has 1 fully saturated rings. The predicted octanol–water partition coefficient (Wildman–Crippen LogP) is 2.38. The van der Waals surface area contributed by atoms with E-state index < -0.39 is 48.3 Å². The molecule has 10 heteroatoms. The number of alkyl halides is 3. The van der Waals surface area contributed by atoms with E-state index in [-0.39, 0.29) is 17.8 Å². The molecule has 3 atom stereocenters. The number of halogens is 3. The second-order valence-electron chi connectivity index (χ2n) is 6.99. The molecule has 30 heavy (non-hydrogen) atoms. The lowest BCUT2D eigenvalue weighted by Crippen LogP contribution is -2.67. The van der Waals surface area contributed by atoms with Gasteiger partial charge in [0.05, 0.1) is 11.8 Å². The molecular weight excluding hydrogens is 403 g/mol. The molecule has 0 spiro atoms. The number of nitrogens with zero attached hydrogens (tertiary/aromatic N) is 2. The van der Waals surface area contributed by atoms with Gasteiger partial charge in [-0.2, -0.15) is 13.2 Å². The summed E-state index contributed by atoms with van der Waals surface area (Å²) in [4.78, 5) is 40.9. The van der Waals surface area contributed by atoms with E-state index in [9.17, 15) is 32.7 Å². The van der Waals surface area contributed by atoms with E-state index in [1.54, 1.807) is 6.07 Å². The van der Waals surface area contributed by atoms with Crippen molar-refractivity contribution >= 4 is 23.6 Å². The minimum atomic E-state index is -4.74. The Balaban J connectivity index is 1.79. The number of hydrogen-bond acceptors (Lipinski definition) is 5. The Labute approximate surface area is 169 Å². The normalized spacial score (nSPS) is 19.8. The second kappa shape index (κ2) is 8.13. The van der Waals surface area contributed by atoms with Crippen LogP contribution in [0.2, 0.25) is 0 Å². The predicted molar refractivity (Wildman–Crippen MR) is 99.0 cm³/mol. The maximum atomic E-state index is 13.5. The largest absolute Gasteiger partial charge is 0.480 e. The van der Waals surface area contributed by atoms with Crippen molar-refractivity contribution in [3.8, 4) is 0 Å². The third-order valence-corrected chi connectivity index (χ3v) is 5.01. The van der Waals surface area contributed by atoms with Gasteiger partial charge in [-0.05, 0) is 29.7 Å². The van der Waals surface area contributed by atoms with E-state index in [4.69, 9.17) is 5.73 Å². The lowest BCUT2D eigenvalue weighted by molar-refractivity contribution is -0.181. The molecule has 2 aromatic rings. The second-order valence-corrected chi connectivity index (χ2v) is 6.99. The van der Waals surface area contributed by atoms with Gasteiger partial charge in [0.1, 0.15) is 11.9 Å². The fourth-order valence-corrected chi connectivity index (χ4v) is 3.56. The number of likely N-dealkylation sites (tertiary alicyclic amines) is 1. The molecule has 1 aromatic carbocycles. The zero-order valence-corrected chi connectivity index (χ0v) is 15.5. The summed E-state index contributed by atoms with van der Waals surface area (Å²) in [6, 6.07) is 8.28. The molecule has 2 amide bonds. The fourth-order valence-electron chi connectivity index (χ4n) is 3.56. The Morgan fingerprint density at radius 3 is 2.43 bits per heavy atom. The number of amides is 2. The topological polar surface area (TPSA) is 114 Å². The fraction of sp³-hybridized carbons (Fsp3) is 0.300. The van der Waals surface area contributed by atoms with E-state index in [0.717, 1.165) is 0 Å². The van der Waals surface area contributed by atoms with Crippen LogP contribution in [0.4, 0.5) is 19.0 Å². The molecule has 0 unspecified atom stereocenters. The Morgan fingerprint density at radius 2 is 1.87 bits per heavy atom. The van der Waals surface area contributed by atoms with Crippen molar-refractivity contribution in [1.82, 2.24) is 9.88 Å². The molecular formula is C20H18F3N3O4. The van der Waals surface area contributed by atoms with Gasteiger partial charge in [0.2, 0.25) is 11.8 Å². The molecule has 1 aliphatic rings. The van der Waals surface area contributed by atoms with Gasteiger partial charge in [0.25, 0.3) is 0 Å². The summed E-state index contributed by atoms with van der Waals surface area (Å²) in [5, 5.41) is 9.48. The van der Waals surface area contributed by atoms with Crippen LogP contribution in [-0.4, -0.2) is 45.0 Å². The monoisotopic (exact) mass is 421 g/mol. The number of nitrogen functional groups attached to an aromatic ring is 1. The lowest BCUT2D eigenvalue weighted by Gasteiger charge is -2.43.